The largest absolute Gasteiger partial charge is 0.409 e. The van der Waals surface area contributed by atoms with Crippen LogP contribution in [0.4, 0.5) is 0 Å². The maximum absolute atomic E-state index is 12.2. The van der Waals surface area contributed by atoms with Crippen LogP contribution in [0.1, 0.15) is 34.1 Å². The fraction of sp³-hybridized carbons (Fsp3) is 0.818. The average Bonchev–Trinajstić information content (AvgIpc) is 2.28. The molecule has 0 rings (SSSR count). The molecule has 0 aliphatic heterocycles. The summed E-state index contributed by atoms with van der Waals surface area (Å²) in [4.78, 5) is 13.9. The van der Waals surface area contributed by atoms with Crippen LogP contribution in [0.15, 0.2) is 5.16 Å². The topological polar surface area (TPSA) is 88.2 Å². The number of methoxy groups -OCH3 is 1. The number of amidine groups is 1. The van der Waals surface area contributed by atoms with Crippen LogP contribution in [0.25, 0.3) is 0 Å². The van der Waals surface area contributed by atoms with Crippen LogP contribution in [-0.4, -0.2) is 47.1 Å². The lowest BCUT2D eigenvalue weighted by Gasteiger charge is -2.33. The summed E-state index contributed by atoms with van der Waals surface area (Å²) in [6, 6.07) is 0.0309. The molecule has 0 fully saturated rings. The lowest BCUT2D eigenvalue weighted by molar-refractivity contribution is -0.152. The maximum Gasteiger partial charge on any atom is 0.254 e. The molecule has 0 bridgehead atoms. The molecular formula is C11H23N3O3. The number of oxime groups is 1. The standard InChI is InChI=1S/C11H23N3O3/c1-8(2)14(7-6-9(12)13-16)10(15)11(3,4)17-5/h8,16H,6-7H2,1-5H3,(H2,12,13). The SMILES string of the molecule is COC(C)(C)C(=O)N(CCC(N)=NO)C(C)C. The van der Waals surface area contributed by atoms with Gasteiger partial charge in [-0.25, -0.2) is 0 Å². The third-order valence-corrected chi connectivity index (χ3v) is 2.65. The molecule has 3 N–H and O–H groups in total. The first-order valence-electron chi connectivity index (χ1n) is 5.59. The Kier molecular flexibility index (Phi) is 5.95. The van der Waals surface area contributed by atoms with Crippen molar-refractivity contribution in [1.82, 2.24) is 4.90 Å². The van der Waals surface area contributed by atoms with E-state index in [9.17, 15) is 4.79 Å². The van der Waals surface area contributed by atoms with E-state index in [0.717, 1.165) is 0 Å². The second-order valence-electron chi connectivity index (χ2n) is 4.65. The summed E-state index contributed by atoms with van der Waals surface area (Å²) in [6.07, 6.45) is 0.334. The minimum Gasteiger partial charge on any atom is -0.409 e. The Labute approximate surface area is 102 Å². The molecule has 0 atom stereocenters. The van der Waals surface area contributed by atoms with Crippen molar-refractivity contribution in [3.63, 3.8) is 0 Å². The molecule has 0 spiro atoms. The minimum absolute atomic E-state index is 0.0309. The number of hydrogen-bond acceptors (Lipinski definition) is 4. The van der Waals surface area contributed by atoms with Crippen LogP contribution in [-0.2, 0) is 9.53 Å². The molecule has 0 heterocycles. The second-order valence-corrected chi connectivity index (χ2v) is 4.65. The summed E-state index contributed by atoms with van der Waals surface area (Å²) in [7, 11) is 1.50. The molecule has 0 radical (unpaired) electrons. The van der Waals surface area contributed by atoms with Crippen molar-refractivity contribution in [1.29, 1.82) is 0 Å². The highest BCUT2D eigenvalue weighted by Gasteiger charge is 2.32. The Morgan fingerprint density at radius 2 is 2.06 bits per heavy atom. The van der Waals surface area contributed by atoms with Gasteiger partial charge in [0.2, 0.25) is 0 Å². The third-order valence-electron chi connectivity index (χ3n) is 2.65. The van der Waals surface area contributed by atoms with E-state index < -0.39 is 5.60 Å². The summed E-state index contributed by atoms with van der Waals surface area (Å²) in [5, 5.41) is 11.4. The predicted octanol–water partition coefficient (Wildman–Crippen LogP) is 0.785. The lowest BCUT2D eigenvalue weighted by Crippen LogP contribution is -2.50. The molecule has 0 aliphatic carbocycles. The quantitative estimate of drug-likeness (QED) is 0.313. The lowest BCUT2D eigenvalue weighted by atomic mass is 10.1. The van der Waals surface area contributed by atoms with Gasteiger partial charge in [0.05, 0.1) is 0 Å². The first kappa shape index (κ1) is 15.7. The molecule has 0 aromatic carbocycles. The van der Waals surface area contributed by atoms with E-state index in [-0.39, 0.29) is 17.8 Å². The van der Waals surface area contributed by atoms with E-state index in [1.807, 2.05) is 13.8 Å². The number of carbonyl (C=O) groups excluding carboxylic acids is 1. The Hall–Kier alpha value is -1.30. The summed E-state index contributed by atoms with van der Waals surface area (Å²) in [5.41, 5.74) is 4.53. The van der Waals surface area contributed by atoms with Crippen molar-refractivity contribution in [2.75, 3.05) is 13.7 Å². The Bertz CT molecular complexity index is 288. The number of amides is 1. The number of nitrogens with zero attached hydrogens (tertiary/aromatic N) is 2. The van der Waals surface area contributed by atoms with E-state index in [1.54, 1.807) is 18.7 Å². The average molecular weight is 245 g/mol. The number of ether oxygens (including phenoxy) is 1. The fourth-order valence-corrected chi connectivity index (χ4v) is 1.31. The minimum atomic E-state index is -0.866. The zero-order chi connectivity index (χ0) is 13.6. The van der Waals surface area contributed by atoms with Crippen LogP contribution >= 0.6 is 0 Å². The van der Waals surface area contributed by atoms with Gasteiger partial charge >= 0.3 is 0 Å². The van der Waals surface area contributed by atoms with Crippen LogP contribution in [0.2, 0.25) is 0 Å². The van der Waals surface area contributed by atoms with E-state index in [4.69, 9.17) is 15.7 Å². The first-order chi connectivity index (χ1) is 7.76. The van der Waals surface area contributed by atoms with Gasteiger partial charge in [-0.15, -0.1) is 0 Å². The van der Waals surface area contributed by atoms with Gasteiger partial charge in [-0.2, -0.15) is 0 Å². The van der Waals surface area contributed by atoms with Gasteiger partial charge in [-0.05, 0) is 27.7 Å². The normalized spacial score (nSPS) is 12.9. The maximum atomic E-state index is 12.2. The number of rotatable bonds is 6. The summed E-state index contributed by atoms with van der Waals surface area (Å²) in [5.74, 6) is -0.000544. The Balaban J connectivity index is 4.70. The van der Waals surface area contributed by atoms with Gasteiger partial charge in [0.1, 0.15) is 11.4 Å². The first-order valence-corrected chi connectivity index (χ1v) is 5.59. The molecule has 17 heavy (non-hydrogen) atoms. The molecule has 6 heteroatoms. The van der Waals surface area contributed by atoms with E-state index in [2.05, 4.69) is 5.16 Å². The molecule has 0 unspecified atom stereocenters. The summed E-state index contributed by atoms with van der Waals surface area (Å²) < 4.78 is 5.16. The highest BCUT2D eigenvalue weighted by Crippen LogP contribution is 2.15. The van der Waals surface area contributed by atoms with Crippen LogP contribution in [0.5, 0.6) is 0 Å². The third kappa shape index (κ3) is 4.60. The van der Waals surface area contributed by atoms with E-state index in [0.29, 0.717) is 13.0 Å². The van der Waals surface area contributed by atoms with Crippen LogP contribution in [0, 0.1) is 0 Å². The highest BCUT2D eigenvalue weighted by atomic mass is 16.5. The van der Waals surface area contributed by atoms with E-state index in [1.165, 1.54) is 7.11 Å². The van der Waals surface area contributed by atoms with Gasteiger partial charge in [0.25, 0.3) is 5.91 Å². The highest BCUT2D eigenvalue weighted by molar-refractivity contribution is 5.85. The second kappa shape index (κ2) is 6.44. The van der Waals surface area contributed by atoms with Gasteiger partial charge < -0.3 is 20.6 Å². The van der Waals surface area contributed by atoms with Crippen molar-refractivity contribution >= 4 is 11.7 Å². The smallest absolute Gasteiger partial charge is 0.254 e. The molecule has 0 saturated heterocycles. The van der Waals surface area contributed by atoms with Crippen molar-refractivity contribution in [3.05, 3.63) is 0 Å². The monoisotopic (exact) mass is 245 g/mol. The predicted molar refractivity (Wildman–Crippen MR) is 66.0 cm³/mol. The molecular weight excluding hydrogens is 222 g/mol. The molecule has 0 aromatic heterocycles. The molecule has 0 aliphatic rings. The zero-order valence-electron chi connectivity index (χ0n) is 11.2. The van der Waals surface area contributed by atoms with Gasteiger partial charge in [0.15, 0.2) is 0 Å². The van der Waals surface area contributed by atoms with Crippen molar-refractivity contribution in [2.45, 2.75) is 45.8 Å². The fourth-order valence-electron chi connectivity index (χ4n) is 1.31. The van der Waals surface area contributed by atoms with Gasteiger partial charge in [-0.1, -0.05) is 5.16 Å². The summed E-state index contributed by atoms with van der Waals surface area (Å²) >= 11 is 0. The summed E-state index contributed by atoms with van der Waals surface area (Å²) in [6.45, 7) is 7.66. The number of nitrogens with two attached hydrogens (primary N) is 1. The molecule has 6 nitrogen and oxygen atoms in total. The molecule has 100 valence electrons. The Morgan fingerprint density at radius 3 is 2.41 bits per heavy atom. The van der Waals surface area contributed by atoms with Crippen molar-refractivity contribution in [2.24, 2.45) is 10.9 Å². The zero-order valence-corrected chi connectivity index (χ0v) is 11.2. The van der Waals surface area contributed by atoms with E-state index >= 15 is 0 Å². The van der Waals surface area contributed by atoms with Gasteiger partial charge in [-0.3, -0.25) is 4.79 Å². The van der Waals surface area contributed by atoms with Crippen molar-refractivity contribution < 1.29 is 14.7 Å². The van der Waals surface area contributed by atoms with Crippen LogP contribution < -0.4 is 5.73 Å². The van der Waals surface area contributed by atoms with Crippen LogP contribution in [0.3, 0.4) is 0 Å². The molecule has 0 aromatic rings. The Morgan fingerprint density at radius 1 is 1.53 bits per heavy atom. The number of hydrogen-bond donors (Lipinski definition) is 2. The number of carbonyl (C=O) groups is 1. The van der Waals surface area contributed by atoms with Crippen molar-refractivity contribution in [3.8, 4) is 0 Å². The molecule has 1 amide bonds. The molecule has 0 saturated carbocycles. The van der Waals surface area contributed by atoms with Gasteiger partial charge in [0, 0.05) is 26.1 Å².